The van der Waals surface area contributed by atoms with Gasteiger partial charge in [0.15, 0.2) is 0 Å². The molecule has 2 aromatic rings. The number of nitrogens with two attached hydrogens (primary N) is 1. The van der Waals surface area contributed by atoms with E-state index in [1.165, 1.54) is 24.4 Å². The molecule has 0 bridgehead atoms. The fourth-order valence-electron chi connectivity index (χ4n) is 3.05. The monoisotopic (exact) mass is 410 g/mol. The van der Waals surface area contributed by atoms with Crippen molar-refractivity contribution in [2.24, 2.45) is 5.73 Å². The maximum atomic E-state index is 13.2. The average molecular weight is 410 g/mol. The van der Waals surface area contributed by atoms with Crippen LogP contribution in [0.2, 0.25) is 0 Å². The highest BCUT2D eigenvalue weighted by atomic mass is 19.4. The predicted molar refractivity (Wildman–Crippen MR) is 96.3 cm³/mol. The molecular weight excluding hydrogens is 392 g/mol. The van der Waals surface area contributed by atoms with Crippen molar-refractivity contribution in [1.29, 1.82) is 0 Å². The third kappa shape index (κ3) is 4.89. The molecule has 1 saturated heterocycles. The summed E-state index contributed by atoms with van der Waals surface area (Å²) in [4.78, 5) is 27.9. The number of amides is 2. The van der Waals surface area contributed by atoms with Crippen molar-refractivity contribution >= 4 is 11.8 Å². The van der Waals surface area contributed by atoms with E-state index in [1.54, 1.807) is 0 Å². The first-order valence-corrected chi connectivity index (χ1v) is 8.76. The van der Waals surface area contributed by atoms with Gasteiger partial charge in [-0.25, -0.2) is 4.39 Å². The van der Waals surface area contributed by atoms with E-state index in [2.05, 4.69) is 15.6 Å². The van der Waals surface area contributed by atoms with E-state index in [0.717, 1.165) is 12.1 Å². The van der Waals surface area contributed by atoms with Crippen LogP contribution in [0.5, 0.6) is 0 Å². The number of rotatable bonds is 5. The number of alkyl halides is 4. The molecule has 2 amide bonds. The van der Waals surface area contributed by atoms with Crippen LogP contribution in [0.4, 0.5) is 17.6 Å². The molecule has 2 heterocycles. The van der Waals surface area contributed by atoms with Crippen molar-refractivity contribution < 1.29 is 27.2 Å². The normalized spacial score (nSPS) is 19.2. The highest BCUT2D eigenvalue weighted by molar-refractivity contribution is 5.94. The molecule has 2 unspecified atom stereocenters. The largest absolute Gasteiger partial charge is 0.416 e. The summed E-state index contributed by atoms with van der Waals surface area (Å²) < 4.78 is 51.4. The molecule has 1 aliphatic rings. The van der Waals surface area contributed by atoms with Gasteiger partial charge in [-0.15, -0.1) is 0 Å². The van der Waals surface area contributed by atoms with Crippen molar-refractivity contribution in [2.75, 3.05) is 6.54 Å². The van der Waals surface area contributed by atoms with E-state index in [1.807, 2.05) is 0 Å². The number of halogens is 4. The lowest BCUT2D eigenvalue weighted by atomic mass is 10.0. The minimum atomic E-state index is -4.45. The second-order valence-electron chi connectivity index (χ2n) is 6.68. The van der Waals surface area contributed by atoms with Crippen LogP contribution in [0.1, 0.15) is 27.9 Å². The van der Waals surface area contributed by atoms with Crippen molar-refractivity contribution in [3.8, 4) is 11.3 Å². The van der Waals surface area contributed by atoms with Gasteiger partial charge in [0.1, 0.15) is 6.17 Å². The molecule has 4 N–H and O–H groups in total. The third-order valence-corrected chi connectivity index (χ3v) is 4.61. The molecule has 1 fully saturated rings. The average Bonchev–Trinajstić information content (AvgIpc) is 3.11. The number of benzene rings is 1. The predicted octanol–water partition coefficient (Wildman–Crippen LogP) is 2.18. The van der Waals surface area contributed by atoms with Crippen molar-refractivity contribution in [2.45, 2.75) is 31.4 Å². The molecule has 1 aliphatic heterocycles. The van der Waals surface area contributed by atoms with Crippen LogP contribution in [0, 0.1) is 0 Å². The zero-order chi connectivity index (χ0) is 21.2. The van der Waals surface area contributed by atoms with Gasteiger partial charge in [0, 0.05) is 31.3 Å². The summed E-state index contributed by atoms with van der Waals surface area (Å²) in [6, 6.07) is 5.20. The summed E-state index contributed by atoms with van der Waals surface area (Å²) in [7, 11) is 0. The lowest BCUT2D eigenvalue weighted by Gasteiger charge is -2.14. The molecule has 0 saturated carbocycles. The number of pyridine rings is 1. The first-order valence-electron chi connectivity index (χ1n) is 8.76. The van der Waals surface area contributed by atoms with Gasteiger partial charge in [0.05, 0.1) is 22.9 Å². The van der Waals surface area contributed by atoms with Gasteiger partial charge in [-0.05, 0) is 23.8 Å². The van der Waals surface area contributed by atoms with Gasteiger partial charge in [-0.1, -0.05) is 12.1 Å². The summed E-state index contributed by atoms with van der Waals surface area (Å²) in [5.41, 5.74) is 5.69. The van der Waals surface area contributed by atoms with Crippen molar-refractivity contribution in [3.63, 3.8) is 0 Å². The maximum absolute atomic E-state index is 13.2. The zero-order valence-corrected chi connectivity index (χ0v) is 15.1. The van der Waals surface area contributed by atoms with Crippen LogP contribution in [-0.2, 0) is 17.5 Å². The molecule has 154 valence electrons. The van der Waals surface area contributed by atoms with Crippen LogP contribution in [0.3, 0.4) is 0 Å². The molecular formula is C19H18F4N4O2. The Balaban J connectivity index is 1.80. The number of aromatic nitrogens is 1. The maximum Gasteiger partial charge on any atom is 0.416 e. The number of primary amides is 1. The van der Waals surface area contributed by atoms with Crippen LogP contribution >= 0.6 is 0 Å². The van der Waals surface area contributed by atoms with Crippen LogP contribution in [0.15, 0.2) is 36.5 Å². The van der Waals surface area contributed by atoms with E-state index < -0.39 is 35.8 Å². The molecule has 3 rings (SSSR count). The summed E-state index contributed by atoms with van der Waals surface area (Å²) in [5.74, 6) is -1.18. The fourth-order valence-corrected chi connectivity index (χ4v) is 3.05. The highest BCUT2D eigenvalue weighted by Gasteiger charge is 2.30. The van der Waals surface area contributed by atoms with Crippen LogP contribution < -0.4 is 16.4 Å². The van der Waals surface area contributed by atoms with Crippen LogP contribution in [0.25, 0.3) is 11.3 Å². The number of hydrogen-bond acceptors (Lipinski definition) is 4. The molecule has 29 heavy (non-hydrogen) atoms. The van der Waals surface area contributed by atoms with E-state index in [9.17, 15) is 27.2 Å². The number of nitrogens with one attached hydrogen (secondary N) is 2. The molecule has 2 atom stereocenters. The summed E-state index contributed by atoms with van der Waals surface area (Å²) in [5, 5.41) is 5.36. The zero-order valence-electron chi connectivity index (χ0n) is 15.1. The van der Waals surface area contributed by atoms with Gasteiger partial charge < -0.3 is 16.4 Å². The highest BCUT2D eigenvalue weighted by Crippen LogP contribution is 2.31. The minimum Gasteiger partial charge on any atom is -0.366 e. The second-order valence-corrected chi connectivity index (χ2v) is 6.68. The molecule has 1 aromatic carbocycles. The Morgan fingerprint density at radius 2 is 1.93 bits per heavy atom. The standard InChI is InChI=1S/C19H18F4N4O2/c20-13-6-16(25-8-13)18(29)27-7-11-5-15(26-9-14(11)17(24)28)10-1-3-12(4-2-10)19(21,22)23/h1-5,9,13,16,25H,6-8H2,(H2,24,28)(H,27,29). The first-order chi connectivity index (χ1) is 13.6. The Hall–Kier alpha value is -3.01. The summed E-state index contributed by atoms with van der Waals surface area (Å²) in [6.45, 7) is 0.0281. The topological polar surface area (TPSA) is 97.1 Å². The van der Waals surface area contributed by atoms with Gasteiger partial charge in [-0.2, -0.15) is 13.2 Å². The molecule has 10 heteroatoms. The van der Waals surface area contributed by atoms with E-state index in [4.69, 9.17) is 5.73 Å². The fraction of sp³-hybridized carbons (Fsp3) is 0.316. The van der Waals surface area contributed by atoms with Gasteiger partial charge in [-0.3, -0.25) is 14.6 Å². The Labute approximate surface area is 163 Å². The van der Waals surface area contributed by atoms with Gasteiger partial charge in [0.2, 0.25) is 5.91 Å². The molecule has 0 aliphatic carbocycles. The second kappa shape index (κ2) is 8.16. The summed E-state index contributed by atoms with van der Waals surface area (Å²) in [6.07, 6.45) is -4.28. The number of nitrogens with zero attached hydrogens (tertiary/aromatic N) is 1. The van der Waals surface area contributed by atoms with Gasteiger partial charge in [0.25, 0.3) is 5.91 Å². The van der Waals surface area contributed by atoms with Crippen molar-refractivity contribution in [3.05, 3.63) is 53.2 Å². The lowest BCUT2D eigenvalue weighted by molar-refractivity contribution is -0.137. The lowest BCUT2D eigenvalue weighted by Crippen LogP contribution is -2.40. The Kier molecular flexibility index (Phi) is 5.83. The molecule has 1 aromatic heterocycles. The molecule has 0 radical (unpaired) electrons. The smallest absolute Gasteiger partial charge is 0.366 e. The Morgan fingerprint density at radius 3 is 2.48 bits per heavy atom. The Morgan fingerprint density at radius 1 is 1.24 bits per heavy atom. The van der Waals surface area contributed by atoms with E-state index in [0.29, 0.717) is 16.8 Å². The SMILES string of the molecule is NC(=O)c1cnc(-c2ccc(C(F)(F)F)cc2)cc1CNC(=O)C1CC(F)CN1. The number of carbonyl (C=O) groups is 2. The quantitative estimate of drug-likeness (QED) is 0.659. The number of hydrogen-bond donors (Lipinski definition) is 3. The molecule has 0 spiro atoms. The minimum absolute atomic E-state index is 0.0572. The first kappa shape index (κ1) is 20.7. The molecule has 6 nitrogen and oxygen atoms in total. The van der Waals surface area contributed by atoms with Gasteiger partial charge >= 0.3 is 6.18 Å². The third-order valence-electron chi connectivity index (χ3n) is 4.61. The van der Waals surface area contributed by atoms with E-state index >= 15 is 0 Å². The van der Waals surface area contributed by atoms with E-state index in [-0.39, 0.29) is 25.1 Å². The van der Waals surface area contributed by atoms with Crippen molar-refractivity contribution in [1.82, 2.24) is 15.6 Å². The number of carbonyl (C=O) groups excluding carboxylic acids is 2. The Bertz CT molecular complexity index is 915. The summed E-state index contributed by atoms with van der Waals surface area (Å²) >= 11 is 0. The van der Waals surface area contributed by atoms with Crippen LogP contribution in [-0.4, -0.2) is 35.6 Å².